The second-order valence-electron chi connectivity index (χ2n) is 5.45. The van der Waals surface area contributed by atoms with Crippen LogP contribution in [-0.2, 0) is 20.7 Å². The summed E-state index contributed by atoms with van der Waals surface area (Å²) in [5.41, 5.74) is 1.24. The molecule has 0 aliphatic heterocycles. The molecule has 0 saturated heterocycles. The van der Waals surface area contributed by atoms with Crippen LogP contribution in [0.25, 0.3) is 0 Å². The molecule has 0 aliphatic carbocycles. The predicted molar refractivity (Wildman–Crippen MR) is 92.0 cm³/mol. The van der Waals surface area contributed by atoms with Crippen molar-refractivity contribution in [2.45, 2.75) is 18.6 Å². The summed E-state index contributed by atoms with van der Waals surface area (Å²) in [6.45, 7) is 0. The third-order valence-corrected chi connectivity index (χ3v) is 3.74. The first-order chi connectivity index (χ1) is 12.0. The first-order valence-electron chi connectivity index (χ1n) is 7.79. The first kappa shape index (κ1) is 18.5. The molecule has 2 atom stereocenters. The smallest absolute Gasteiger partial charge is 0.328 e. The average Bonchev–Trinajstić information content (AvgIpc) is 2.66. The lowest BCUT2D eigenvalue weighted by Crippen LogP contribution is -2.45. The van der Waals surface area contributed by atoms with Gasteiger partial charge < -0.3 is 19.9 Å². The molecule has 6 nitrogen and oxygen atoms in total. The van der Waals surface area contributed by atoms with E-state index < -0.39 is 24.0 Å². The summed E-state index contributed by atoms with van der Waals surface area (Å²) in [4.78, 5) is 24.3. The van der Waals surface area contributed by atoms with Gasteiger partial charge in [-0.15, -0.1) is 0 Å². The highest BCUT2D eigenvalue weighted by atomic mass is 16.5. The molecule has 0 saturated carbocycles. The van der Waals surface area contributed by atoms with E-state index in [1.54, 1.807) is 55.6 Å². The van der Waals surface area contributed by atoms with Crippen LogP contribution < -0.4 is 10.1 Å². The zero-order chi connectivity index (χ0) is 18.2. The van der Waals surface area contributed by atoms with E-state index in [1.165, 1.54) is 7.11 Å². The summed E-state index contributed by atoms with van der Waals surface area (Å²) >= 11 is 0. The van der Waals surface area contributed by atoms with Crippen LogP contribution in [0.1, 0.15) is 17.2 Å². The second-order valence-corrected chi connectivity index (χ2v) is 5.45. The molecule has 2 aromatic rings. The molecule has 0 bridgehead atoms. The number of nitrogens with one attached hydrogen (secondary N) is 1. The van der Waals surface area contributed by atoms with Crippen molar-refractivity contribution in [1.29, 1.82) is 0 Å². The van der Waals surface area contributed by atoms with Crippen molar-refractivity contribution in [3.8, 4) is 5.75 Å². The van der Waals surface area contributed by atoms with Gasteiger partial charge in [-0.25, -0.2) is 4.79 Å². The molecule has 1 amide bonds. The minimum atomic E-state index is -1.36. The number of carbonyl (C=O) groups is 2. The maximum absolute atomic E-state index is 12.3. The predicted octanol–water partition coefficient (Wildman–Crippen LogP) is 1.63. The van der Waals surface area contributed by atoms with Gasteiger partial charge in [0.2, 0.25) is 0 Å². The van der Waals surface area contributed by atoms with Crippen molar-refractivity contribution < 1.29 is 24.2 Å². The molecule has 0 heterocycles. The minimum Gasteiger partial charge on any atom is -0.497 e. The van der Waals surface area contributed by atoms with Gasteiger partial charge in [-0.05, 0) is 23.3 Å². The van der Waals surface area contributed by atoms with Gasteiger partial charge in [0, 0.05) is 6.42 Å². The number of aliphatic hydroxyl groups excluding tert-OH is 1. The van der Waals surface area contributed by atoms with E-state index in [1.807, 2.05) is 6.07 Å². The highest BCUT2D eigenvalue weighted by molar-refractivity contribution is 5.87. The van der Waals surface area contributed by atoms with E-state index in [0.29, 0.717) is 11.3 Å². The Morgan fingerprint density at radius 2 is 1.80 bits per heavy atom. The van der Waals surface area contributed by atoms with Crippen LogP contribution in [0, 0.1) is 0 Å². The lowest BCUT2D eigenvalue weighted by molar-refractivity contribution is -0.146. The van der Waals surface area contributed by atoms with Crippen LogP contribution >= 0.6 is 0 Å². The van der Waals surface area contributed by atoms with Crippen LogP contribution in [-0.4, -0.2) is 37.2 Å². The van der Waals surface area contributed by atoms with Gasteiger partial charge in [0.1, 0.15) is 11.8 Å². The summed E-state index contributed by atoms with van der Waals surface area (Å²) in [6.07, 6.45) is -1.14. The number of benzene rings is 2. The summed E-state index contributed by atoms with van der Waals surface area (Å²) in [5.74, 6) is -0.599. The molecule has 2 aromatic carbocycles. The number of amides is 1. The maximum atomic E-state index is 12.3. The largest absolute Gasteiger partial charge is 0.497 e. The van der Waals surface area contributed by atoms with Gasteiger partial charge >= 0.3 is 5.97 Å². The van der Waals surface area contributed by atoms with Crippen LogP contribution in [0.5, 0.6) is 5.75 Å². The third-order valence-electron chi connectivity index (χ3n) is 3.74. The van der Waals surface area contributed by atoms with Crippen LogP contribution in [0.15, 0.2) is 54.6 Å². The van der Waals surface area contributed by atoms with Crippen molar-refractivity contribution in [3.05, 3.63) is 65.7 Å². The zero-order valence-electron chi connectivity index (χ0n) is 14.1. The van der Waals surface area contributed by atoms with Gasteiger partial charge in [-0.1, -0.05) is 42.5 Å². The number of carbonyl (C=O) groups excluding carboxylic acids is 2. The minimum absolute atomic E-state index is 0.219. The fraction of sp³-hybridized carbons (Fsp3) is 0.263. The number of rotatable bonds is 7. The molecule has 0 spiro atoms. The number of esters is 1. The number of ether oxygens (including phenoxy) is 2. The van der Waals surface area contributed by atoms with E-state index in [2.05, 4.69) is 5.32 Å². The topological polar surface area (TPSA) is 84.9 Å². The zero-order valence-corrected chi connectivity index (χ0v) is 14.1. The summed E-state index contributed by atoms with van der Waals surface area (Å²) < 4.78 is 9.92. The van der Waals surface area contributed by atoms with Crippen molar-refractivity contribution >= 4 is 11.9 Å². The van der Waals surface area contributed by atoms with E-state index in [0.717, 1.165) is 5.56 Å². The Balaban J connectivity index is 2.11. The molecule has 0 radical (unpaired) electrons. The van der Waals surface area contributed by atoms with Crippen molar-refractivity contribution in [2.75, 3.05) is 14.2 Å². The first-order valence-corrected chi connectivity index (χ1v) is 7.79. The molecule has 0 fully saturated rings. The molecular weight excluding hydrogens is 322 g/mol. The Morgan fingerprint density at radius 3 is 2.44 bits per heavy atom. The summed E-state index contributed by atoms with van der Waals surface area (Å²) in [7, 11) is 2.80. The normalized spacial score (nSPS) is 12.8. The molecule has 0 aromatic heterocycles. The Morgan fingerprint density at radius 1 is 1.08 bits per heavy atom. The number of aliphatic hydroxyl groups is 1. The average molecular weight is 343 g/mol. The van der Waals surface area contributed by atoms with Crippen LogP contribution in [0.3, 0.4) is 0 Å². The standard InChI is InChI=1S/C19H21NO5/c1-24-15-10-6-7-13(11-15)12-16(19(23)25-2)20-18(22)17(21)14-8-4-3-5-9-14/h3-11,16-17,21H,12H2,1-2H3,(H,20,22)/t16-,17+/m1/s1. The molecule has 0 aliphatic rings. The summed E-state index contributed by atoms with van der Waals surface area (Å²) in [6, 6.07) is 14.8. The highest BCUT2D eigenvalue weighted by Gasteiger charge is 2.26. The van der Waals surface area contributed by atoms with E-state index in [-0.39, 0.29) is 6.42 Å². The monoisotopic (exact) mass is 343 g/mol. The molecular formula is C19H21NO5. The van der Waals surface area contributed by atoms with Gasteiger partial charge in [-0.3, -0.25) is 4.79 Å². The Hall–Kier alpha value is -2.86. The Labute approximate surface area is 146 Å². The van der Waals surface area contributed by atoms with Crippen LogP contribution in [0.2, 0.25) is 0 Å². The summed E-state index contributed by atoms with van der Waals surface area (Å²) in [5, 5.41) is 12.7. The van der Waals surface area contributed by atoms with Crippen LogP contribution in [0.4, 0.5) is 0 Å². The number of methoxy groups -OCH3 is 2. The van der Waals surface area contributed by atoms with Crippen molar-refractivity contribution in [3.63, 3.8) is 0 Å². The molecule has 25 heavy (non-hydrogen) atoms. The Kier molecular flexibility index (Phi) is 6.54. The fourth-order valence-electron chi connectivity index (χ4n) is 2.41. The second kappa shape index (κ2) is 8.84. The van der Waals surface area contributed by atoms with Gasteiger partial charge in [0.25, 0.3) is 5.91 Å². The Bertz CT molecular complexity index is 717. The molecule has 0 unspecified atom stereocenters. The van der Waals surface area contributed by atoms with Crippen molar-refractivity contribution in [2.24, 2.45) is 0 Å². The lowest BCUT2D eigenvalue weighted by Gasteiger charge is -2.19. The van der Waals surface area contributed by atoms with E-state index >= 15 is 0 Å². The maximum Gasteiger partial charge on any atom is 0.328 e. The van der Waals surface area contributed by atoms with Gasteiger partial charge in [0.15, 0.2) is 6.10 Å². The fourth-order valence-corrected chi connectivity index (χ4v) is 2.41. The number of hydrogen-bond acceptors (Lipinski definition) is 5. The van der Waals surface area contributed by atoms with Gasteiger partial charge in [-0.2, -0.15) is 0 Å². The SMILES string of the molecule is COC(=O)[C@@H](Cc1cccc(OC)c1)NC(=O)[C@@H](O)c1ccccc1. The lowest BCUT2D eigenvalue weighted by atomic mass is 10.0. The molecule has 132 valence electrons. The molecule has 6 heteroatoms. The molecule has 2 rings (SSSR count). The van der Waals surface area contributed by atoms with E-state index in [4.69, 9.17) is 9.47 Å². The highest BCUT2D eigenvalue weighted by Crippen LogP contribution is 2.16. The van der Waals surface area contributed by atoms with E-state index in [9.17, 15) is 14.7 Å². The quantitative estimate of drug-likeness (QED) is 0.747. The number of hydrogen-bond donors (Lipinski definition) is 2. The third kappa shape index (κ3) is 5.06. The van der Waals surface area contributed by atoms with Crippen molar-refractivity contribution in [1.82, 2.24) is 5.32 Å². The molecule has 2 N–H and O–H groups in total. The van der Waals surface area contributed by atoms with Gasteiger partial charge in [0.05, 0.1) is 14.2 Å².